The van der Waals surface area contributed by atoms with E-state index in [2.05, 4.69) is 44.7 Å². The van der Waals surface area contributed by atoms with Crippen molar-refractivity contribution in [3.8, 4) is 0 Å². The van der Waals surface area contributed by atoms with E-state index in [1.807, 2.05) is 11.6 Å². The third-order valence-electron chi connectivity index (χ3n) is 4.54. The molecule has 1 aromatic heterocycles. The first-order chi connectivity index (χ1) is 13.0. The summed E-state index contributed by atoms with van der Waals surface area (Å²) >= 11 is 0. The van der Waals surface area contributed by atoms with Crippen LogP contribution >= 0.6 is 0 Å². The summed E-state index contributed by atoms with van der Waals surface area (Å²) in [6.45, 7) is 5.72. The van der Waals surface area contributed by atoms with Crippen LogP contribution in [0.5, 0.6) is 0 Å². The Balaban J connectivity index is 1.83. The molecule has 0 aliphatic carbocycles. The highest BCUT2D eigenvalue weighted by atomic mass is 16.5. The Morgan fingerprint density at radius 1 is 1.44 bits per heavy atom. The van der Waals surface area contributed by atoms with Crippen LogP contribution in [0.25, 0.3) is 0 Å². The van der Waals surface area contributed by atoms with E-state index in [9.17, 15) is 0 Å². The predicted octanol–water partition coefficient (Wildman–Crippen LogP) is 0.261. The van der Waals surface area contributed by atoms with Crippen molar-refractivity contribution in [1.29, 1.82) is 0 Å². The Morgan fingerprint density at radius 2 is 2.26 bits per heavy atom. The molecule has 0 fully saturated rings. The molecule has 2 atom stereocenters. The molecule has 2 unspecified atom stereocenters. The average molecular weight is 382 g/mol. The summed E-state index contributed by atoms with van der Waals surface area (Å²) in [5.74, 6) is 2.58. The minimum absolute atomic E-state index is 0.167. The van der Waals surface area contributed by atoms with Crippen molar-refractivity contribution in [2.24, 2.45) is 4.99 Å². The smallest absolute Gasteiger partial charge is 0.191 e. The van der Waals surface area contributed by atoms with Gasteiger partial charge in [-0.05, 0) is 33.9 Å². The minimum atomic E-state index is 0.167. The van der Waals surface area contributed by atoms with Crippen molar-refractivity contribution in [3.63, 3.8) is 0 Å². The van der Waals surface area contributed by atoms with E-state index < -0.39 is 0 Å². The summed E-state index contributed by atoms with van der Waals surface area (Å²) in [4.78, 5) is 11.1. The Bertz CT molecular complexity index is 588. The lowest BCUT2D eigenvalue weighted by molar-refractivity contribution is 0.0547. The molecule has 0 saturated heterocycles. The fraction of sp³-hybridized carbons (Fsp3) is 0.833. The molecule has 2 N–H and O–H groups in total. The molecule has 0 aromatic carbocycles. The van der Waals surface area contributed by atoms with Gasteiger partial charge in [0.15, 0.2) is 11.8 Å². The Labute approximate surface area is 162 Å². The zero-order valence-corrected chi connectivity index (χ0v) is 17.4. The highest BCUT2D eigenvalue weighted by Crippen LogP contribution is 2.13. The van der Waals surface area contributed by atoms with E-state index >= 15 is 0 Å². The molecular weight excluding hydrogens is 346 g/mol. The number of methoxy groups -OCH3 is 1. The highest BCUT2D eigenvalue weighted by Gasteiger charge is 2.22. The third kappa shape index (κ3) is 7.08. The molecule has 0 saturated carbocycles. The van der Waals surface area contributed by atoms with Gasteiger partial charge in [-0.1, -0.05) is 0 Å². The molecule has 27 heavy (non-hydrogen) atoms. The molecule has 1 aliphatic heterocycles. The number of aliphatic imine (C=N–C) groups is 1. The summed E-state index contributed by atoms with van der Waals surface area (Å²) in [6, 6.07) is 0.271. The molecule has 0 spiro atoms. The largest absolute Gasteiger partial charge is 0.377 e. The van der Waals surface area contributed by atoms with Crippen LogP contribution in [0, 0.1) is 0 Å². The van der Waals surface area contributed by atoms with E-state index in [-0.39, 0.29) is 12.1 Å². The van der Waals surface area contributed by atoms with Crippen LogP contribution in [0.2, 0.25) is 0 Å². The molecule has 154 valence electrons. The normalized spacial score (nSPS) is 18.4. The topological polar surface area (TPSA) is 88.8 Å². The van der Waals surface area contributed by atoms with Gasteiger partial charge in [-0.2, -0.15) is 5.10 Å². The number of hydrogen-bond acceptors (Lipinski definition) is 6. The van der Waals surface area contributed by atoms with Crippen LogP contribution in [-0.2, 0) is 29.0 Å². The third-order valence-corrected chi connectivity index (χ3v) is 4.54. The number of aryl methyl sites for hydroxylation is 1. The summed E-state index contributed by atoms with van der Waals surface area (Å²) in [5, 5.41) is 11.4. The second kappa shape index (κ2) is 11.2. The first-order valence-corrected chi connectivity index (χ1v) is 9.70. The molecule has 0 amide bonds. The van der Waals surface area contributed by atoms with Crippen LogP contribution in [0.4, 0.5) is 0 Å². The summed E-state index contributed by atoms with van der Waals surface area (Å²) in [6.07, 6.45) is 3.05. The number of aromatic nitrogens is 3. The van der Waals surface area contributed by atoms with Crippen molar-refractivity contribution >= 4 is 5.96 Å². The predicted molar refractivity (Wildman–Crippen MR) is 106 cm³/mol. The first-order valence-electron chi connectivity index (χ1n) is 9.70. The van der Waals surface area contributed by atoms with Gasteiger partial charge in [0.1, 0.15) is 12.4 Å². The van der Waals surface area contributed by atoms with Crippen LogP contribution in [0.1, 0.15) is 31.4 Å². The van der Waals surface area contributed by atoms with Crippen LogP contribution in [0.3, 0.4) is 0 Å². The molecule has 9 nitrogen and oxygen atoms in total. The zero-order valence-electron chi connectivity index (χ0n) is 17.4. The van der Waals surface area contributed by atoms with Gasteiger partial charge in [0.25, 0.3) is 0 Å². The minimum Gasteiger partial charge on any atom is -0.377 e. The van der Waals surface area contributed by atoms with Gasteiger partial charge in [-0.15, -0.1) is 0 Å². The Hall–Kier alpha value is -1.71. The average Bonchev–Trinajstić information content (AvgIpc) is 3.04. The number of ether oxygens (including phenoxy) is 2. The summed E-state index contributed by atoms with van der Waals surface area (Å²) in [7, 11) is 7.62. The highest BCUT2D eigenvalue weighted by molar-refractivity contribution is 5.80. The van der Waals surface area contributed by atoms with E-state index in [4.69, 9.17) is 9.47 Å². The van der Waals surface area contributed by atoms with Gasteiger partial charge < -0.3 is 25.0 Å². The molecule has 0 bridgehead atoms. The van der Waals surface area contributed by atoms with E-state index in [0.29, 0.717) is 13.2 Å². The van der Waals surface area contributed by atoms with Crippen molar-refractivity contribution in [2.75, 3.05) is 47.9 Å². The van der Waals surface area contributed by atoms with Gasteiger partial charge in [0, 0.05) is 46.3 Å². The summed E-state index contributed by atoms with van der Waals surface area (Å²) < 4.78 is 12.9. The standard InChI is InChI=1S/C18H35N7O2/c1-6-27-15(9-10-24(3)4)11-20-18(19-2)21-14-7-8-17-22-16(13-26-5)23-25(17)12-14/h14-15H,6-13H2,1-5H3,(H2,19,20,21). The summed E-state index contributed by atoms with van der Waals surface area (Å²) in [5.41, 5.74) is 0. The van der Waals surface area contributed by atoms with Gasteiger partial charge in [-0.3, -0.25) is 4.99 Å². The Kier molecular flexibility index (Phi) is 8.96. The van der Waals surface area contributed by atoms with Crippen LogP contribution < -0.4 is 10.6 Å². The maximum absolute atomic E-state index is 5.84. The maximum atomic E-state index is 5.84. The second-order valence-electron chi connectivity index (χ2n) is 7.06. The van der Waals surface area contributed by atoms with E-state index in [1.165, 1.54) is 0 Å². The molecule has 1 aromatic rings. The number of rotatable bonds is 10. The van der Waals surface area contributed by atoms with Gasteiger partial charge in [-0.25, -0.2) is 9.67 Å². The van der Waals surface area contributed by atoms with E-state index in [0.717, 1.165) is 56.5 Å². The number of hydrogen-bond donors (Lipinski definition) is 2. The van der Waals surface area contributed by atoms with Crippen LogP contribution in [0.15, 0.2) is 4.99 Å². The van der Waals surface area contributed by atoms with Crippen molar-refractivity contribution in [1.82, 2.24) is 30.3 Å². The van der Waals surface area contributed by atoms with Gasteiger partial charge in [0.05, 0.1) is 12.6 Å². The van der Waals surface area contributed by atoms with Crippen LogP contribution in [-0.4, -0.2) is 85.7 Å². The van der Waals surface area contributed by atoms with Crippen molar-refractivity contribution in [2.45, 2.75) is 51.5 Å². The first kappa shape index (κ1) is 21.6. The SMILES string of the molecule is CCOC(CCN(C)C)CNC(=NC)NC1CCc2nc(COC)nn2C1. The number of fused-ring (bicyclic) bond motifs is 1. The van der Waals surface area contributed by atoms with Crippen molar-refractivity contribution in [3.05, 3.63) is 11.6 Å². The van der Waals surface area contributed by atoms with Gasteiger partial charge in [0.2, 0.25) is 0 Å². The number of nitrogens with zero attached hydrogens (tertiary/aromatic N) is 5. The van der Waals surface area contributed by atoms with Crippen molar-refractivity contribution < 1.29 is 9.47 Å². The van der Waals surface area contributed by atoms with E-state index in [1.54, 1.807) is 14.2 Å². The molecule has 2 rings (SSSR count). The Morgan fingerprint density at radius 3 is 2.93 bits per heavy atom. The fourth-order valence-corrected chi connectivity index (χ4v) is 3.15. The maximum Gasteiger partial charge on any atom is 0.191 e. The quantitative estimate of drug-likeness (QED) is 0.444. The lowest BCUT2D eigenvalue weighted by Gasteiger charge is -2.26. The van der Waals surface area contributed by atoms with Gasteiger partial charge >= 0.3 is 0 Å². The number of nitrogens with one attached hydrogen (secondary N) is 2. The lowest BCUT2D eigenvalue weighted by atomic mass is 10.1. The zero-order chi connectivity index (χ0) is 19.6. The molecule has 1 aliphatic rings. The molecule has 2 heterocycles. The lowest BCUT2D eigenvalue weighted by Crippen LogP contribution is -2.49. The number of guanidine groups is 1. The molecular formula is C18H35N7O2. The second-order valence-corrected chi connectivity index (χ2v) is 7.06. The molecule has 0 radical (unpaired) electrons. The molecule has 9 heteroatoms. The fourth-order valence-electron chi connectivity index (χ4n) is 3.15. The monoisotopic (exact) mass is 381 g/mol.